The summed E-state index contributed by atoms with van der Waals surface area (Å²) in [6.07, 6.45) is 6.64. The Kier molecular flexibility index (Phi) is 4.24. The van der Waals surface area contributed by atoms with E-state index < -0.39 is 0 Å². The predicted molar refractivity (Wildman–Crippen MR) is 77.1 cm³/mol. The first-order chi connectivity index (χ1) is 9.49. The van der Waals surface area contributed by atoms with Gasteiger partial charge in [-0.15, -0.1) is 0 Å². The summed E-state index contributed by atoms with van der Waals surface area (Å²) < 4.78 is 1.58. The number of nitrogens with one attached hydrogen (secondary N) is 1. The molecule has 0 saturated heterocycles. The molecular weight excluding hydrogens is 278 g/mol. The highest BCUT2D eigenvalue weighted by Crippen LogP contribution is 2.20. The van der Waals surface area contributed by atoms with E-state index in [0.717, 1.165) is 16.8 Å². The highest BCUT2D eigenvalue weighted by atomic mass is 35.5. The minimum Gasteiger partial charge on any atom is -0.338 e. The first-order valence-corrected chi connectivity index (χ1v) is 6.46. The normalized spacial score (nSPS) is 11.2. The van der Waals surface area contributed by atoms with Gasteiger partial charge in [-0.25, -0.2) is 0 Å². The summed E-state index contributed by atoms with van der Waals surface area (Å²) in [5.74, 6) is -0.106. The summed E-state index contributed by atoms with van der Waals surface area (Å²) in [7, 11) is 3.50. The number of aromatic nitrogens is 4. The third-order valence-corrected chi connectivity index (χ3v) is 3.39. The minimum absolute atomic E-state index is 0.106. The van der Waals surface area contributed by atoms with Gasteiger partial charge in [-0.3, -0.25) is 14.6 Å². The maximum absolute atomic E-state index is 12.0. The van der Waals surface area contributed by atoms with Crippen molar-refractivity contribution in [2.45, 2.75) is 13.5 Å². The van der Waals surface area contributed by atoms with Gasteiger partial charge in [0.25, 0.3) is 0 Å². The molecule has 7 heteroatoms. The number of rotatable bonds is 4. The SMILES string of the molecule is Cc1nn(C)c(Cl)c1C=CC(=O)N(C)Cc1cn[nH]c1. The summed E-state index contributed by atoms with van der Waals surface area (Å²) in [6, 6.07) is 0. The standard InChI is InChI=1S/C13H16ClN5O/c1-9-11(13(14)19(3)17-9)4-5-12(20)18(2)8-10-6-15-16-7-10/h4-7H,8H2,1-3H3,(H,15,16). The fourth-order valence-electron chi connectivity index (χ4n) is 1.83. The van der Waals surface area contributed by atoms with Crippen molar-refractivity contribution in [3.05, 3.63) is 40.4 Å². The fourth-order valence-corrected chi connectivity index (χ4v) is 2.07. The van der Waals surface area contributed by atoms with Crippen LogP contribution in [0.25, 0.3) is 6.08 Å². The Balaban J connectivity index is 2.05. The number of halogens is 1. The predicted octanol–water partition coefficient (Wildman–Crippen LogP) is 1.78. The molecule has 2 aromatic rings. The zero-order valence-electron chi connectivity index (χ0n) is 11.6. The summed E-state index contributed by atoms with van der Waals surface area (Å²) in [6.45, 7) is 2.35. The zero-order chi connectivity index (χ0) is 14.7. The average Bonchev–Trinajstić information content (AvgIpc) is 2.98. The van der Waals surface area contributed by atoms with Gasteiger partial charge in [0.1, 0.15) is 5.15 Å². The van der Waals surface area contributed by atoms with Crippen molar-refractivity contribution in [3.63, 3.8) is 0 Å². The molecule has 0 radical (unpaired) electrons. The number of carbonyl (C=O) groups excluding carboxylic acids is 1. The summed E-state index contributed by atoms with van der Waals surface area (Å²) in [4.78, 5) is 13.6. The van der Waals surface area contributed by atoms with E-state index in [4.69, 9.17) is 11.6 Å². The minimum atomic E-state index is -0.106. The van der Waals surface area contributed by atoms with E-state index in [0.29, 0.717) is 11.7 Å². The number of carbonyl (C=O) groups is 1. The number of likely N-dealkylation sites (N-methyl/N-ethyl adjacent to an activating group) is 1. The van der Waals surface area contributed by atoms with Crippen LogP contribution in [0.5, 0.6) is 0 Å². The Morgan fingerprint density at radius 1 is 1.60 bits per heavy atom. The molecule has 0 bridgehead atoms. The maximum Gasteiger partial charge on any atom is 0.246 e. The van der Waals surface area contributed by atoms with Gasteiger partial charge in [0.15, 0.2) is 0 Å². The topological polar surface area (TPSA) is 66.8 Å². The van der Waals surface area contributed by atoms with Gasteiger partial charge in [-0.05, 0) is 13.0 Å². The van der Waals surface area contributed by atoms with Crippen LogP contribution < -0.4 is 0 Å². The molecular formula is C13H16ClN5O. The van der Waals surface area contributed by atoms with Gasteiger partial charge in [0.05, 0.1) is 11.9 Å². The number of nitrogens with zero attached hydrogens (tertiary/aromatic N) is 4. The van der Waals surface area contributed by atoms with Gasteiger partial charge < -0.3 is 4.90 Å². The number of aromatic amines is 1. The number of H-pyrrole nitrogens is 1. The Morgan fingerprint density at radius 2 is 2.35 bits per heavy atom. The van der Waals surface area contributed by atoms with E-state index in [-0.39, 0.29) is 5.91 Å². The van der Waals surface area contributed by atoms with E-state index in [1.807, 2.05) is 6.92 Å². The Labute approximate surface area is 122 Å². The first kappa shape index (κ1) is 14.3. The summed E-state index contributed by atoms with van der Waals surface area (Å²) >= 11 is 6.10. The molecule has 2 heterocycles. The largest absolute Gasteiger partial charge is 0.338 e. The smallest absolute Gasteiger partial charge is 0.246 e. The molecule has 106 valence electrons. The lowest BCUT2D eigenvalue weighted by Crippen LogP contribution is -2.23. The summed E-state index contributed by atoms with van der Waals surface area (Å²) in [5, 5.41) is 11.3. The third-order valence-electron chi connectivity index (χ3n) is 2.94. The van der Waals surface area contributed by atoms with E-state index in [1.165, 1.54) is 6.08 Å². The quantitative estimate of drug-likeness (QED) is 0.874. The maximum atomic E-state index is 12.0. The monoisotopic (exact) mass is 293 g/mol. The van der Waals surface area contributed by atoms with Gasteiger partial charge in [-0.2, -0.15) is 10.2 Å². The molecule has 0 aliphatic heterocycles. The second-order valence-corrected chi connectivity index (χ2v) is 4.91. The lowest BCUT2D eigenvalue weighted by Gasteiger charge is -2.13. The van der Waals surface area contributed by atoms with Crippen LogP contribution >= 0.6 is 11.6 Å². The van der Waals surface area contributed by atoms with Crippen LogP contribution in [0.3, 0.4) is 0 Å². The highest BCUT2D eigenvalue weighted by molar-refractivity contribution is 6.31. The van der Waals surface area contributed by atoms with E-state index in [9.17, 15) is 4.79 Å². The highest BCUT2D eigenvalue weighted by Gasteiger charge is 2.10. The second kappa shape index (κ2) is 5.92. The van der Waals surface area contributed by atoms with Gasteiger partial charge >= 0.3 is 0 Å². The van der Waals surface area contributed by atoms with E-state index in [1.54, 1.807) is 42.1 Å². The van der Waals surface area contributed by atoms with Crippen LogP contribution in [-0.4, -0.2) is 37.8 Å². The van der Waals surface area contributed by atoms with Gasteiger partial charge in [0.2, 0.25) is 5.91 Å². The molecule has 0 aromatic carbocycles. The molecule has 0 unspecified atom stereocenters. The molecule has 0 saturated carbocycles. The number of hydrogen-bond acceptors (Lipinski definition) is 3. The van der Waals surface area contributed by atoms with Crippen molar-refractivity contribution < 1.29 is 4.79 Å². The Hall–Kier alpha value is -2.08. The van der Waals surface area contributed by atoms with Crippen LogP contribution in [0.15, 0.2) is 18.5 Å². The van der Waals surface area contributed by atoms with Crippen molar-refractivity contribution >= 4 is 23.6 Å². The number of amides is 1. The second-order valence-electron chi connectivity index (χ2n) is 4.55. The van der Waals surface area contributed by atoms with Crippen molar-refractivity contribution in [1.29, 1.82) is 0 Å². The third kappa shape index (κ3) is 3.08. The molecule has 0 fully saturated rings. The molecule has 0 aliphatic rings. The Bertz CT molecular complexity index is 629. The Morgan fingerprint density at radius 3 is 2.90 bits per heavy atom. The van der Waals surface area contributed by atoms with Crippen molar-refractivity contribution in [2.24, 2.45) is 7.05 Å². The molecule has 20 heavy (non-hydrogen) atoms. The number of aryl methyl sites for hydroxylation is 2. The van der Waals surface area contributed by atoms with E-state index in [2.05, 4.69) is 15.3 Å². The zero-order valence-corrected chi connectivity index (χ0v) is 12.3. The molecule has 0 aliphatic carbocycles. The van der Waals surface area contributed by atoms with Crippen molar-refractivity contribution in [2.75, 3.05) is 7.05 Å². The van der Waals surface area contributed by atoms with E-state index >= 15 is 0 Å². The molecule has 0 spiro atoms. The van der Waals surface area contributed by atoms with Gasteiger partial charge in [-0.1, -0.05) is 11.6 Å². The molecule has 0 atom stereocenters. The first-order valence-electron chi connectivity index (χ1n) is 6.09. The molecule has 2 aromatic heterocycles. The van der Waals surface area contributed by atoms with Crippen LogP contribution in [0.4, 0.5) is 0 Å². The number of hydrogen-bond donors (Lipinski definition) is 1. The molecule has 1 N–H and O–H groups in total. The fraction of sp³-hybridized carbons (Fsp3) is 0.308. The van der Waals surface area contributed by atoms with Gasteiger partial charge in [0, 0.05) is 44.0 Å². The lowest BCUT2D eigenvalue weighted by molar-refractivity contribution is -0.125. The van der Waals surface area contributed by atoms with Crippen LogP contribution in [-0.2, 0) is 18.4 Å². The van der Waals surface area contributed by atoms with Crippen LogP contribution in [0.1, 0.15) is 16.8 Å². The van der Waals surface area contributed by atoms with Crippen LogP contribution in [0, 0.1) is 6.92 Å². The average molecular weight is 294 g/mol. The van der Waals surface area contributed by atoms with Crippen LogP contribution in [0.2, 0.25) is 5.15 Å². The molecule has 6 nitrogen and oxygen atoms in total. The molecule has 1 amide bonds. The van der Waals surface area contributed by atoms with Crippen molar-refractivity contribution in [3.8, 4) is 0 Å². The summed E-state index contributed by atoms with van der Waals surface area (Å²) in [5.41, 5.74) is 2.50. The van der Waals surface area contributed by atoms with Crippen molar-refractivity contribution in [1.82, 2.24) is 24.9 Å². The lowest BCUT2D eigenvalue weighted by atomic mass is 10.2. The molecule has 2 rings (SSSR count).